The van der Waals surface area contributed by atoms with Crippen molar-refractivity contribution in [2.24, 2.45) is 0 Å². The molecule has 1 aromatic carbocycles. The molecule has 1 rings (SSSR count). The SMILES string of the molecule is CCCCCC[C@@](O)(CC=CCCCCCCCC(=O)O)C(=O)Cc1ccccc1. The lowest BCUT2D eigenvalue weighted by atomic mass is 9.85. The molecule has 0 aliphatic carbocycles. The van der Waals surface area contributed by atoms with Gasteiger partial charge in [0.15, 0.2) is 5.78 Å². The molecule has 1 aromatic rings. The monoisotopic (exact) mass is 416 g/mol. The summed E-state index contributed by atoms with van der Waals surface area (Å²) in [6.45, 7) is 2.15. The van der Waals surface area contributed by atoms with Crippen LogP contribution < -0.4 is 0 Å². The summed E-state index contributed by atoms with van der Waals surface area (Å²) in [6.07, 6.45) is 15.5. The van der Waals surface area contributed by atoms with Gasteiger partial charge in [0.05, 0.1) is 0 Å². The van der Waals surface area contributed by atoms with Gasteiger partial charge >= 0.3 is 5.97 Å². The highest BCUT2D eigenvalue weighted by Crippen LogP contribution is 2.24. The number of benzene rings is 1. The van der Waals surface area contributed by atoms with Crippen LogP contribution in [0.25, 0.3) is 0 Å². The molecule has 0 amide bonds. The highest BCUT2D eigenvalue weighted by molar-refractivity contribution is 5.89. The van der Waals surface area contributed by atoms with Crippen molar-refractivity contribution < 1.29 is 19.8 Å². The van der Waals surface area contributed by atoms with Gasteiger partial charge < -0.3 is 10.2 Å². The third-order valence-electron chi connectivity index (χ3n) is 5.55. The van der Waals surface area contributed by atoms with E-state index in [2.05, 4.69) is 13.0 Å². The largest absolute Gasteiger partial charge is 0.481 e. The zero-order valence-electron chi connectivity index (χ0n) is 18.7. The Morgan fingerprint density at radius 3 is 2.27 bits per heavy atom. The van der Waals surface area contributed by atoms with Crippen LogP contribution in [0.15, 0.2) is 42.5 Å². The van der Waals surface area contributed by atoms with E-state index in [0.717, 1.165) is 69.8 Å². The van der Waals surface area contributed by atoms with Crippen molar-refractivity contribution in [2.75, 3.05) is 0 Å². The Balaban J connectivity index is 2.43. The van der Waals surface area contributed by atoms with Crippen LogP contribution >= 0.6 is 0 Å². The molecule has 0 unspecified atom stereocenters. The molecule has 30 heavy (non-hydrogen) atoms. The van der Waals surface area contributed by atoms with Crippen LogP contribution in [0.2, 0.25) is 0 Å². The number of ketones is 1. The lowest BCUT2D eigenvalue weighted by molar-refractivity contribution is -0.137. The summed E-state index contributed by atoms with van der Waals surface area (Å²) in [6, 6.07) is 9.64. The Bertz CT molecular complexity index is 623. The first-order chi connectivity index (χ1) is 14.5. The van der Waals surface area contributed by atoms with E-state index in [1.165, 1.54) is 0 Å². The number of aliphatic hydroxyl groups is 1. The highest BCUT2D eigenvalue weighted by atomic mass is 16.4. The van der Waals surface area contributed by atoms with Crippen LogP contribution in [0.4, 0.5) is 0 Å². The highest BCUT2D eigenvalue weighted by Gasteiger charge is 2.33. The third kappa shape index (κ3) is 11.9. The number of carbonyl (C=O) groups excluding carboxylic acids is 1. The van der Waals surface area contributed by atoms with Crippen LogP contribution in [-0.2, 0) is 16.0 Å². The van der Waals surface area contributed by atoms with Gasteiger partial charge in [-0.25, -0.2) is 0 Å². The van der Waals surface area contributed by atoms with Crippen molar-refractivity contribution in [3.8, 4) is 0 Å². The molecule has 168 valence electrons. The number of unbranched alkanes of at least 4 members (excludes halogenated alkanes) is 8. The van der Waals surface area contributed by atoms with Crippen molar-refractivity contribution in [3.05, 3.63) is 48.0 Å². The molecule has 0 aliphatic heterocycles. The first kappa shape index (κ1) is 26.1. The van der Waals surface area contributed by atoms with E-state index < -0.39 is 11.6 Å². The normalized spacial score (nSPS) is 13.4. The van der Waals surface area contributed by atoms with E-state index in [4.69, 9.17) is 5.11 Å². The number of carbonyl (C=O) groups is 2. The van der Waals surface area contributed by atoms with Gasteiger partial charge in [0.2, 0.25) is 0 Å². The van der Waals surface area contributed by atoms with Gasteiger partial charge in [-0.3, -0.25) is 9.59 Å². The number of allylic oxidation sites excluding steroid dienone is 1. The molecule has 4 nitrogen and oxygen atoms in total. The van der Waals surface area contributed by atoms with Crippen LogP contribution in [0.5, 0.6) is 0 Å². The van der Waals surface area contributed by atoms with Gasteiger partial charge in [-0.2, -0.15) is 0 Å². The molecule has 0 saturated heterocycles. The van der Waals surface area contributed by atoms with Crippen LogP contribution in [0.1, 0.15) is 96.0 Å². The summed E-state index contributed by atoms with van der Waals surface area (Å²) < 4.78 is 0. The summed E-state index contributed by atoms with van der Waals surface area (Å²) >= 11 is 0. The van der Waals surface area contributed by atoms with Crippen LogP contribution in [0, 0.1) is 0 Å². The maximum atomic E-state index is 12.9. The topological polar surface area (TPSA) is 74.6 Å². The summed E-state index contributed by atoms with van der Waals surface area (Å²) in [5, 5.41) is 19.8. The second-order valence-corrected chi connectivity index (χ2v) is 8.30. The second-order valence-electron chi connectivity index (χ2n) is 8.30. The third-order valence-corrected chi connectivity index (χ3v) is 5.55. The minimum Gasteiger partial charge on any atom is -0.481 e. The van der Waals surface area contributed by atoms with Crippen molar-refractivity contribution in [1.82, 2.24) is 0 Å². The van der Waals surface area contributed by atoms with Crippen LogP contribution in [0.3, 0.4) is 0 Å². The lowest BCUT2D eigenvalue weighted by Gasteiger charge is -2.26. The Morgan fingerprint density at radius 1 is 0.900 bits per heavy atom. The molecule has 1 atom stereocenters. The molecule has 4 heteroatoms. The van der Waals surface area contributed by atoms with E-state index in [9.17, 15) is 14.7 Å². The predicted molar refractivity (Wildman–Crippen MR) is 123 cm³/mol. The average molecular weight is 417 g/mol. The maximum absolute atomic E-state index is 12.9. The van der Waals surface area contributed by atoms with Gasteiger partial charge in [-0.15, -0.1) is 0 Å². The first-order valence-electron chi connectivity index (χ1n) is 11.6. The van der Waals surface area contributed by atoms with Crippen molar-refractivity contribution in [2.45, 2.75) is 102 Å². The summed E-state index contributed by atoms with van der Waals surface area (Å²) in [5.41, 5.74) is -0.335. The Hall–Kier alpha value is -1.94. The fourth-order valence-electron chi connectivity index (χ4n) is 3.61. The number of hydrogen-bond donors (Lipinski definition) is 2. The van der Waals surface area contributed by atoms with Gasteiger partial charge in [0.25, 0.3) is 0 Å². The zero-order chi connectivity index (χ0) is 22.1. The molecule has 0 fully saturated rings. The Morgan fingerprint density at radius 2 is 1.57 bits per heavy atom. The second kappa shape index (κ2) is 15.8. The van der Waals surface area contributed by atoms with E-state index >= 15 is 0 Å². The summed E-state index contributed by atoms with van der Waals surface area (Å²) in [4.78, 5) is 23.4. The lowest BCUT2D eigenvalue weighted by Crippen LogP contribution is -2.39. The van der Waals surface area contributed by atoms with E-state index in [-0.39, 0.29) is 18.6 Å². The van der Waals surface area contributed by atoms with E-state index in [1.807, 2.05) is 36.4 Å². The number of aliphatic carboxylic acids is 1. The number of carboxylic acids is 1. The first-order valence-corrected chi connectivity index (χ1v) is 11.6. The fraction of sp³-hybridized carbons (Fsp3) is 0.615. The van der Waals surface area contributed by atoms with Crippen molar-refractivity contribution in [1.29, 1.82) is 0 Å². The fourth-order valence-corrected chi connectivity index (χ4v) is 3.61. The number of hydrogen-bond acceptors (Lipinski definition) is 3. The van der Waals surface area contributed by atoms with Crippen molar-refractivity contribution >= 4 is 11.8 Å². The molecule has 2 N–H and O–H groups in total. The molecule has 0 aromatic heterocycles. The smallest absolute Gasteiger partial charge is 0.303 e. The Labute approximate surface area is 182 Å². The van der Waals surface area contributed by atoms with Crippen molar-refractivity contribution in [3.63, 3.8) is 0 Å². The summed E-state index contributed by atoms with van der Waals surface area (Å²) in [7, 11) is 0. The minimum atomic E-state index is -1.28. The average Bonchev–Trinajstić information content (AvgIpc) is 2.73. The van der Waals surface area contributed by atoms with E-state index in [1.54, 1.807) is 0 Å². The standard InChI is InChI=1S/C26H40O4/c1-2-3-4-15-20-26(30,24(27)22-23-17-12-11-13-18-23)21-16-10-8-6-5-7-9-14-19-25(28)29/h10-13,16-18,30H,2-9,14-15,19-22H2,1H3,(H,28,29)/t26-/m1/s1. The summed E-state index contributed by atoms with van der Waals surface area (Å²) in [5.74, 6) is -0.810. The molecule has 0 spiro atoms. The van der Waals surface area contributed by atoms with Gasteiger partial charge in [0.1, 0.15) is 5.60 Å². The molecule has 0 aliphatic rings. The van der Waals surface area contributed by atoms with Crippen LogP contribution in [-0.4, -0.2) is 27.6 Å². The number of Topliss-reactive ketones (excluding diaryl/α,β-unsaturated/α-hetero) is 1. The molecule has 0 heterocycles. The molecule has 0 saturated carbocycles. The molecule has 0 bridgehead atoms. The predicted octanol–water partition coefficient (Wildman–Crippen LogP) is 6.26. The molecule has 0 radical (unpaired) electrons. The molecular weight excluding hydrogens is 376 g/mol. The number of carboxylic acid groups (broad SMARTS) is 1. The zero-order valence-corrected chi connectivity index (χ0v) is 18.7. The quantitative estimate of drug-likeness (QED) is 0.219. The van der Waals surface area contributed by atoms with Gasteiger partial charge in [-0.05, 0) is 31.2 Å². The van der Waals surface area contributed by atoms with E-state index in [0.29, 0.717) is 12.8 Å². The van der Waals surface area contributed by atoms with Gasteiger partial charge in [0, 0.05) is 19.3 Å². The Kier molecular flexibility index (Phi) is 13.8. The van der Waals surface area contributed by atoms with Gasteiger partial charge in [-0.1, -0.05) is 94.4 Å². The molecular formula is C26H40O4. The maximum Gasteiger partial charge on any atom is 0.303 e. The minimum absolute atomic E-state index is 0.0896. The number of rotatable bonds is 18.